The van der Waals surface area contributed by atoms with Gasteiger partial charge < -0.3 is 19.5 Å². The number of nitrogens with zero attached hydrogens (tertiary/aromatic N) is 5. The van der Waals surface area contributed by atoms with Crippen LogP contribution in [0, 0.1) is 0 Å². The number of nitrogens with one attached hydrogen (secondary N) is 1. The van der Waals surface area contributed by atoms with Gasteiger partial charge in [0.25, 0.3) is 0 Å². The normalized spacial score (nSPS) is 13.7. The molecule has 8 heteroatoms. The van der Waals surface area contributed by atoms with Crippen LogP contribution in [0.15, 0.2) is 30.9 Å². The Morgan fingerprint density at radius 3 is 3.08 bits per heavy atom. The lowest BCUT2D eigenvalue weighted by molar-refractivity contribution is 0.184. The third kappa shape index (κ3) is 4.29. The standard InChI is InChI=1S/C16H22N6O2/c1-24-8-7-21-12-19-20-15(21)10-18-16(23)22(14-4-5-14)11-13-3-2-6-17-9-13/h2-3,6,9,12,14H,4-5,7-8,10-11H2,1H3,(H,18,23). The maximum atomic E-state index is 12.6. The van der Waals surface area contributed by atoms with E-state index in [0.29, 0.717) is 32.3 Å². The molecule has 0 aromatic carbocycles. The average molecular weight is 330 g/mol. The van der Waals surface area contributed by atoms with Crippen molar-refractivity contribution in [3.63, 3.8) is 0 Å². The summed E-state index contributed by atoms with van der Waals surface area (Å²) in [6.45, 7) is 2.16. The Morgan fingerprint density at radius 1 is 1.50 bits per heavy atom. The summed E-state index contributed by atoms with van der Waals surface area (Å²) in [4.78, 5) is 18.5. The van der Waals surface area contributed by atoms with Gasteiger partial charge in [-0.05, 0) is 24.5 Å². The molecule has 3 rings (SSSR count). The van der Waals surface area contributed by atoms with E-state index in [1.165, 1.54) is 0 Å². The lowest BCUT2D eigenvalue weighted by Gasteiger charge is -2.22. The molecule has 2 aromatic rings. The van der Waals surface area contributed by atoms with Crippen molar-refractivity contribution in [1.82, 2.24) is 30.0 Å². The SMILES string of the molecule is COCCn1cnnc1CNC(=O)N(Cc1cccnc1)C1CC1. The van der Waals surface area contributed by atoms with Crippen molar-refractivity contribution < 1.29 is 9.53 Å². The minimum atomic E-state index is -0.0809. The first-order chi connectivity index (χ1) is 11.8. The van der Waals surface area contributed by atoms with Gasteiger partial charge in [-0.25, -0.2) is 4.79 Å². The molecule has 1 aliphatic carbocycles. The van der Waals surface area contributed by atoms with Gasteiger partial charge in [-0.3, -0.25) is 4.98 Å². The van der Waals surface area contributed by atoms with Gasteiger partial charge in [0.2, 0.25) is 0 Å². The van der Waals surface area contributed by atoms with Crippen LogP contribution >= 0.6 is 0 Å². The summed E-state index contributed by atoms with van der Waals surface area (Å²) in [5, 5.41) is 10.9. The van der Waals surface area contributed by atoms with Crippen LogP contribution in [-0.4, -0.2) is 50.4 Å². The summed E-state index contributed by atoms with van der Waals surface area (Å²) < 4.78 is 6.94. The molecule has 8 nitrogen and oxygen atoms in total. The Morgan fingerprint density at radius 2 is 2.38 bits per heavy atom. The van der Waals surface area contributed by atoms with Gasteiger partial charge in [-0.15, -0.1) is 10.2 Å². The van der Waals surface area contributed by atoms with Gasteiger partial charge in [-0.1, -0.05) is 6.07 Å². The maximum Gasteiger partial charge on any atom is 0.318 e. The molecule has 0 unspecified atom stereocenters. The lowest BCUT2D eigenvalue weighted by atomic mass is 10.2. The molecule has 0 saturated heterocycles. The zero-order valence-electron chi connectivity index (χ0n) is 13.8. The summed E-state index contributed by atoms with van der Waals surface area (Å²) in [7, 11) is 1.65. The van der Waals surface area contributed by atoms with Crippen LogP contribution in [0.4, 0.5) is 4.79 Å². The Hall–Kier alpha value is -2.48. The molecule has 1 fully saturated rings. The number of amides is 2. The number of urea groups is 1. The Kier molecular flexibility index (Phi) is 5.37. The van der Waals surface area contributed by atoms with E-state index >= 15 is 0 Å². The minimum Gasteiger partial charge on any atom is -0.383 e. The van der Waals surface area contributed by atoms with Crippen LogP contribution in [0.2, 0.25) is 0 Å². The van der Waals surface area contributed by atoms with E-state index in [-0.39, 0.29) is 6.03 Å². The summed E-state index contributed by atoms with van der Waals surface area (Å²) in [6.07, 6.45) is 7.28. The molecule has 1 saturated carbocycles. The quantitative estimate of drug-likeness (QED) is 0.786. The van der Waals surface area contributed by atoms with E-state index in [0.717, 1.165) is 24.2 Å². The topological polar surface area (TPSA) is 85.2 Å². The lowest BCUT2D eigenvalue weighted by Crippen LogP contribution is -2.41. The number of hydrogen-bond acceptors (Lipinski definition) is 5. The van der Waals surface area contributed by atoms with Crippen LogP contribution in [-0.2, 0) is 24.4 Å². The van der Waals surface area contributed by atoms with Gasteiger partial charge >= 0.3 is 6.03 Å². The van der Waals surface area contributed by atoms with Gasteiger partial charge in [-0.2, -0.15) is 0 Å². The van der Waals surface area contributed by atoms with E-state index < -0.39 is 0 Å². The fourth-order valence-corrected chi connectivity index (χ4v) is 2.49. The van der Waals surface area contributed by atoms with Crippen molar-refractivity contribution in [1.29, 1.82) is 0 Å². The second-order valence-electron chi connectivity index (χ2n) is 5.81. The summed E-state index contributed by atoms with van der Waals surface area (Å²) in [6, 6.07) is 4.10. The summed E-state index contributed by atoms with van der Waals surface area (Å²) in [5.74, 6) is 0.720. The van der Waals surface area contributed by atoms with E-state index in [2.05, 4.69) is 20.5 Å². The molecule has 24 heavy (non-hydrogen) atoms. The molecule has 0 aliphatic heterocycles. The molecule has 2 amide bonds. The van der Waals surface area contributed by atoms with Crippen LogP contribution < -0.4 is 5.32 Å². The molecule has 2 aromatic heterocycles. The predicted octanol–water partition coefficient (Wildman–Crippen LogP) is 1.19. The number of carbonyl (C=O) groups is 1. The van der Waals surface area contributed by atoms with E-state index in [1.54, 1.807) is 25.8 Å². The highest BCUT2D eigenvalue weighted by molar-refractivity contribution is 5.74. The van der Waals surface area contributed by atoms with Gasteiger partial charge in [0.1, 0.15) is 6.33 Å². The van der Waals surface area contributed by atoms with Gasteiger partial charge in [0, 0.05) is 38.6 Å². The van der Waals surface area contributed by atoms with Crippen molar-refractivity contribution in [3.8, 4) is 0 Å². The molecule has 128 valence electrons. The first-order valence-corrected chi connectivity index (χ1v) is 8.07. The first kappa shape index (κ1) is 16.4. The average Bonchev–Trinajstić information content (AvgIpc) is 3.35. The Labute approximate surface area is 140 Å². The molecule has 1 aliphatic rings. The Bertz CT molecular complexity index is 656. The molecule has 0 atom stereocenters. The zero-order chi connectivity index (χ0) is 16.8. The largest absolute Gasteiger partial charge is 0.383 e. The molecule has 0 spiro atoms. The monoisotopic (exact) mass is 330 g/mol. The van der Waals surface area contributed by atoms with E-state index in [1.807, 2.05) is 21.6 Å². The molecule has 2 heterocycles. The third-order valence-corrected chi connectivity index (χ3v) is 3.95. The van der Waals surface area contributed by atoms with E-state index in [9.17, 15) is 4.79 Å². The minimum absolute atomic E-state index is 0.0809. The van der Waals surface area contributed by atoms with Crippen molar-refractivity contribution in [2.24, 2.45) is 0 Å². The number of pyridine rings is 1. The third-order valence-electron chi connectivity index (χ3n) is 3.95. The number of ether oxygens (including phenoxy) is 1. The molecule has 1 N–H and O–H groups in total. The highest BCUT2D eigenvalue weighted by atomic mass is 16.5. The molecule has 0 radical (unpaired) electrons. The van der Waals surface area contributed by atoms with Crippen molar-refractivity contribution in [2.75, 3.05) is 13.7 Å². The highest BCUT2D eigenvalue weighted by Crippen LogP contribution is 2.28. The van der Waals surface area contributed by atoms with Crippen LogP contribution in [0.5, 0.6) is 0 Å². The fraction of sp³-hybridized carbons (Fsp3) is 0.500. The molecular weight excluding hydrogens is 308 g/mol. The second kappa shape index (κ2) is 7.87. The highest BCUT2D eigenvalue weighted by Gasteiger charge is 2.32. The van der Waals surface area contributed by atoms with Crippen LogP contribution in [0.1, 0.15) is 24.2 Å². The number of rotatable bonds is 8. The number of hydrogen-bond donors (Lipinski definition) is 1. The van der Waals surface area contributed by atoms with Gasteiger partial charge in [0.15, 0.2) is 5.82 Å². The first-order valence-electron chi connectivity index (χ1n) is 8.07. The fourth-order valence-electron chi connectivity index (χ4n) is 2.49. The zero-order valence-corrected chi connectivity index (χ0v) is 13.8. The van der Waals surface area contributed by atoms with Crippen LogP contribution in [0.3, 0.4) is 0 Å². The number of aromatic nitrogens is 4. The second-order valence-corrected chi connectivity index (χ2v) is 5.81. The van der Waals surface area contributed by atoms with Crippen LogP contribution in [0.25, 0.3) is 0 Å². The summed E-state index contributed by atoms with van der Waals surface area (Å²) in [5.41, 5.74) is 1.03. The van der Waals surface area contributed by atoms with Crippen molar-refractivity contribution >= 4 is 6.03 Å². The predicted molar refractivity (Wildman–Crippen MR) is 86.9 cm³/mol. The van der Waals surface area contributed by atoms with Gasteiger partial charge in [0.05, 0.1) is 13.2 Å². The van der Waals surface area contributed by atoms with Crippen molar-refractivity contribution in [2.45, 2.75) is 38.5 Å². The number of methoxy groups -OCH3 is 1. The summed E-state index contributed by atoms with van der Waals surface area (Å²) >= 11 is 0. The smallest absolute Gasteiger partial charge is 0.318 e. The molecular formula is C16H22N6O2. The van der Waals surface area contributed by atoms with E-state index in [4.69, 9.17) is 4.74 Å². The number of carbonyl (C=O) groups excluding carboxylic acids is 1. The Balaban J connectivity index is 1.57. The van der Waals surface area contributed by atoms with Crippen molar-refractivity contribution in [3.05, 3.63) is 42.2 Å². The maximum absolute atomic E-state index is 12.6. The molecule has 0 bridgehead atoms.